The first kappa shape index (κ1) is 13.2. The van der Waals surface area contributed by atoms with Crippen molar-refractivity contribution in [1.82, 2.24) is 0 Å². The Bertz CT molecular complexity index is 557. The molecule has 0 aromatic heterocycles. The Labute approximate surface area is 114 Å². The van der Waals surface area contributed by atoms with Crippen LogP contribution < -0.4 is 11.5 Å². The highest BCUT2D eigenvalue weighted by atomic mass is 79.9. The molecule has 0 spiro atoms. The molecule has 2 aromatic rings. The maximum absolute atomic E-state index is 13.8. The molecular formula is C14H14BrFN2. The van der Waals surface area contributed by atoms with Gasteiger partial charge < -0.3 is 11.5 Å². The Morgan fingerprint density at radius 2 is 1.94 bits per heavy atom. The van der Waals surface area contributed by atoms with Crippen molar-refractivity contribution < 1.29 is 4.39 Å². The van der Waals surface area contributed by atoms with Crippen LogP contribution in [0.5, 0.6) is 0 Å². The molecule has 18 heavy (non-hydrogen) atoms. The van der Waals surface area contributed by atoms with Crippen molar-refractivity contribution in [3.63, 3.8) is 0 Å². The Hall–Kier alpha value is -1.23. The lowest BCUT2D eigenvalue weighted by atomic mass is 9.97. The van der Waals surface area contributed by atoms with Crippen LogP contribution >= 0.6 is 15.9 Å². The van der Waals surface area contributed by atoms with Crippen molar-refractivity contribution in [2.24, 2.45) is 11.5 Å². The summed E-state index contributed by atoms with van der Waals surface area (Å²) >= 11 is 3.32. The molecule has 0 saturated carbocycles. The molecule has 94 valence electrons. The van der Waals surface area contributed by atoms with Crippen LogP contribution in [-0.2, 0) is 6.54 Å². The van der Waals surface area contributed by atoms with Gasteiger partial charge in [0.15, 0.2) is 0 Å². The van der Waals surface area contributed by atoms with E-state index in [1.807, 2.05) is 24.3 Å². The van der Waals surface area contributed by atoms with Gasteiger partial charge in [0.25, 0.3) is 0 Å². The Kier molecular flexibility index (Phi) is 4.11. The predicted molar refractivity (Wildman–Crippen MR) is 74.5 cm³/mol. The van der Waals surface area contributed by atoms with Gasteiger partial charge in [-0.25, -0.2) is 4.39 Å². The Morgan fingerprint density at radius 3 is 2.67 bits per heavy atom. The second-order valence-corrected chi connectivity index (χ2v) is 5.01. The van der Waals surface area contributed by atoms with Gasteiger partial charge in [-0.1, -0.05) is 40.2 Å². The van der Waals surface area contributed by atoms with Crippen LogP contribution in [0.2, 0.25) is 0 Å². The van der Waals surface area contributed by atoms with Crippen LogP contribution in [0.25, 0.3) is 0 Å². The second-order valence-electron chi connectivity index (χ2n) is 4.09. The largest absolute Gasteiger partial charge is 0.326 e. The minimum atomic E-state index is -0.492. The smallest absolute Gasteiger partial charge is 0.128 e. The second kappa shape index (κ2) is 5.61. The van der Waals surface area contributed by atoms with E-state index in [4.69, 9.17) is 11.5 Å². The van der Waals surface area contributed by atoms with Gasteiger partial charge in [0.1, 0.15) is 5.82 Å². The van der Waals surface area contributed by atoms with Crippen LogP contribution in [0, 0.1) is 5.82 Å². The average molecular weight is 309 g/mol. The molecule has 0 aliphatic heterocycles. The fourth-order valence-electron chi connectivity index (χ4n) is 1.85. The zero-order valence-corrected chi connectivity index (χ0v) is 11.3. The average Bonchev–Trinajstić information content (AvgIpc) is 2.41. The van der Waals surface area contributed by atoms with E-state index in [9.17, 15) is 4.39 Å². The molecule has 0 radical (unpaired) electrons. The van der Waals surface area contributed by atoms with Crippen LogP contribution in [0.15, 0.2) is 46.9 Å². The highest BCUT2D eigenvalue weighted by Crippen LogP contribution is 2.25. The first-order valence-corrected chi connectivity index (χ1v) is 6.40. The van der Waals surface area contributed by atoms with E-state index in [1.54, 1.807) is 12.1 Å². The molecule has 0 amide bonds. The highest BCUT2D eigenvalue weighted by Gasteiger charge is 2.14. The number of benzene rings is 2. The fraction of sp³-hybridized carbons (Fsp3) is 0.143. The summed E-state index contributed by atoms with van der Waals surface area (Å²) in [5.41, 5.74) is 14.0. The van der Waals surface area contributed by atoms with Gasteiger partial charge in [0.05, 0.1) is 6.04 Å². The topological polar surface area (TPSA) is 52.0 Å². The Balaban J connectivity index is 2.40. The van der Waals surface area contributed by atoms with Crippen LogP contribution in [0.4, 0.5) is 4.39 Å². The fourth-order valence-corrected chi connectivity index (χ4v) is 2.22. The first-order chi connectivity index (χ1) is 8.61. The molecule has 1 unspecified atom stereocenters. The van der Waals surface area contributed by atoms with E-state index < -0.39 is 6.04 Å². The Morgan fingerprint density at radius 1 is 1.17 bits per heavy atom. The lowest BCUT2D eigenvalue weighted by Crippen LogP contribution is -2.14. The van der Waals surface area contributed by atoms with Crippen LogP contribution in [0.3, 0.4) is 0 Å². The third kappa shape index (κ3) is 2.77. The molecule has 0 bridgehead atoms. The zero-order valence-electron chi connectivity index (χ0n) is 9.74. The summed E-state index contributed by atoms with van der Waals surface area (Å²) in [5.74, 6) is -0.302. The van der Waals surface area contributed by atoms with Crippen molar-refractivity contribution in [2.75, 3.05) is 0 Å². The molecule has 4 N–H and O–H groups in total. The van der Waals surface area contributed by atoms with Gasteiger partial charge in [-0.15, -0.1) is 0 Å². The maximum atomic E-state index is 13.8. The van der Waals surface area contributed by atoms with Gasteiger partial charge >= 0.3 is 0 Å². The van der Waals surface area contributed by atoms with Crippen molar-refractivity contribution >= 4 is 15.9 Å². The zero-order chi connectivity index (χ0) is 13.1. The number of nitrogens with two attached hydrogens (primary N) is 2. The van der Waals surface area contributed by atoms with Crippen molar-refractivity contribution in [3.05, 3.63) is 69.4 Å². The molecule has 2 aromatic carbocycles. The van der Waals surface area contributed by atoms with E-state index >= 15 is 0 Å². The van der Waals surface area contributed by atoms with E-state index in [0.717, 1.165) is 15.6 Å². The lowest BCUT2D eigenvalue weighted by Gasteiger charge is -2.14. The van der Waals surface area contributed by atoms with E-state index in [2.05, 4.69) is 15.9 Å². The quantitative estimate of drug-likeness (QED) is 0.915. The molecule has 2 rings (SSSR count). The molecule has 4 heteroatoms. The molecule has 2 nitrogen and oxygen atoms in total. The first-order valence-electron chi connectivity index (χ1n) is 5.61. The number of halogens is 2. The third-order valence-electron chi connectivity index (χ3n) is 2.84. The van der Waals surface area contributed by atoms with E-state index in [0.29, 0.717) is 12.1 Å². The van der Waals surface area contributed by atoms with E-state index in [1.165, 1.54) is 6.07 Å². The third-order valence-corrected chi connectivity index (χ3v) is 3.33. The molecule has 0 aliphatic carbocycles. The lowest BCUT2D eigenvalue weighted by molar-refractivity contribution is 0.599. The van der Waals surface area contributed by atoms with E-state index in [-0.39, 0.29) is 5.82 Å². The van der Waals surface area contributed by atoms with Crippen molar-refractivity contribution in [2.45, 2.75) is 12.6 Å². The normalized spacial score (nSPS) is 12.4. The summed E-state index contributed by atoms with van der Waals surface area (Å²) in [6.45, 7) is 0.446. The molecule has 0 aliphatic rings. The summed E-state index contributed by atoms with van der Waals surface area (Å²) in [6.07, 6.45) is 0. The number of rotatable bonds is 3. The summed E-state index contributed by atoms with van der Waals surface area (Å²) in [4.78, 5) is 0. The van der Waals surface area contributed by atoms with Gasteiger partial charge in [-0.2, -0.15) is 0 Å². The summed E-state index contributed by atoms with van der Waals surface area (Å²) in [6, 6.07) is 11.9. The predicted octanol–water partition coefficient (Wildman–Crippen LogP) is 3.10. The summed E-state index contributed by atoms with van der Waals surface area (Å²) < 4.78 is 14.6. The van der Waals surface area contributed by atoms with Gasteiger partial charge in [0.2, 0.25) is 0 Å². The summed E-state index contributed by atoms with van der Waals surface area (Å²) in [7, 11) is 0. The minimum Gasteiger partial charge on any atom is -0.326 e. The van der Waals surface area contributed by atoms with Gasteiger partial charge in [0, 0.05) is 16.6 Å². The molecule has 0 heterocycles. The number of hydrogen-bond acceptors (Lipinski definition) is 2. The van der Waals surface area contributed by atoms with Crippen LogP contribution in [0.1, 0.15) is 22.7 Å². The molecular weight excluding hydrogens is 295 g/mol. The molecule has 0 saturated heterocycles. The van der Waals surface area contributed by atoms with Crippen LogP contribution in [-0.4, -0.2) is 0 Å². The van der Waals surface area contributed by atoms with Gasteiger partial charge in [-0.3, -0.25) is 0 Å². The SMILES string of the molecule is NCc1cccc(C(N)c2cc(Br)ccc2F)c1. The standard InChI is InChI=1S/C14H14BrFN2/c15-11-4-5-13(16)12(7-11)14(18)10-3-1-2-9(6-10)8-17/h1-7,14H,8,17-18H2. The van der Waals surface area contributed by atoms with Crippen molar-refractivity contribution in [1.29, 1.82) is 0 Å². The summed E-state index contributed by atoms with van der Waals surface area (Å²) in [5, 5.41) is 0. The van der Waals surface area contributed by atoms with Gasteiger partial charge in [-0.05, 0) is 29.3 Å². The monoisotopic (exact) mass is 308 g/mol. The van der Waals surface area contributed by atoms with Crippen molar-refractivity contribution in [3.8, 4) is 0 Å². The highest BCUT2D eigenvalue weighted by molar-refractivity contribution is 9.10. The maximum Gasteiger partial charge on any atom is 0.128 e. The number of hydrogen-bond donors (Lipinski definition) is 2. The molecule has 0 fully saturated rings. The molecule has 1 atom stereocenters. The minimum absolute atomic E-state index is 0.302.